The van der Waals surface area contributed by atoms with Crippen molar-refractivity contribution in [3.8, 4) is 22.8 Å². The van der Waals surface area contributed by atoms with Crippen LogP contribution < -0.4 is 20.2 Å². The molecule has 228 valence electrons. The summed E-state index contributed by atoms with van der Waals surface area (Å²) in [6, 6.07) is 25.9. The Bertz CT molecular complexity index is 1790. The maximum absolute atomic E-state index is 12.8. The van der Waals surface area contributed by atoms with Gasteiger partial charge in [0.15, 0.2) is 16.6 Å². The van der Waals surface area contributed by atoms with Crippen LogP contribution in [0.5, 0.6) is 11.5 Å². The monoisotopic (exact) mass is 656 g/mol. The largest absolute Gasteiger partial charge is 0.490 e. The number of halogens is 2. The number of thiazole rings is 1. The van der Waals surface area contributed by atoms with Gasteiger partial charge in [0.1, 0.15) is 6.61 Å². The minimum Gasteiger partial charge on any atom is -0.490 e. The Morgan fingerprint density at radius 2 is 1.69 bits per heavy atom. The van der Waals surface area contributed by atoms with E-state index in [9.17, 15) is 4.79 Å². The van der Waals surface area contributed by atoms with Crippen molar-refractivity contribution in [1.82, 2.24) is 10.4 Å². The number of benzene rings is 4. The van der Waals surface area contributed by atoms with E-state index in [1.807, 2.05) is 85.1 Å². The highest BCUT2D eigenvalue weighted by molar-refractivity contribution is 7.14. The maximum Gasteiger partial charge on any atom is 0.271 e. The standard InChI is InChI=1S/C35H30Cl2N4O3S/c1-3-5-27-18-24(19-32(43-4-2)33(27)44-21-23-6-12-28(36)13-7-23)20-38-41-34(42)26-10-8-25(9-11-26)31-22-45-35(40-31)39-30-16-14-29(37)15-17-30/h3,6-20,22H,1,4-5,21H2,2H3,(H,39,40)(H,41,42)/b38-20-. The van der Waals surface area contributed by atoms with Gasteiger partial charge < -0.3 is 14.8 Å². The topological polar surface area (TPSA) is 84.8 Å². The molecule has 0 spiro atoms. The summed E-state index contributed by atoms with van der Waals surface area (Å²) in [4.78, 5) is 17.5. The van der Waals surface area contributed by atoms with Gasteiger partial charge in [0.05, 0.1) is 18.5 Å². The number of nitrogens with one attached hydrogen (secondary N) is 2. The minimum absolute atomic E-state index is 0.333. The number of ether oxygens (including phenoxy) is 2. The second kappa shape index (κ2) is 15.4. The molecule has 10 heteroatoms. The summed E-state index contributed by atoms with van der Waals surface area (Å²) in [7, 11) is 0. The van der Waals surface area contributed by atoms with Crippen LogP contribution in [0.15, 0.2) is 108 Å². The molecule has 7 nitrogen and oxygen atoms in total. The Morgan fingerprint density at radius 1 is 0.978 bits per heavy atom. The molecule has 0 aliphatic carbocycles. The van der Waals surface area contributed by atoms with Gasteiger partial charge in [0.25, 0.3) is 5.91 Å². The molecule has 0 saturated carbocycles. The van der Waals surface area contributed by atoms with Gasteiger partial charge in [-0.2, -0.15) is 5.10 Å². The first-order valence-electron chi connectivity index (χ1n) is 14.1. The van der Waals surface area contributed by atoms with Gasteiger partial charge in [-0.3, -0.25) is 4.79 Å². The van der Waals surface area contributed by atoms with Gasteiger partial charge in [0, 0.05) is 37.8 Å². The summed E-state index contributed by atoms with van der Waals surface area (Å²) < 4.78 is 12.1. The number of allylic oxidation sites excluding steroid dienone is 1. The zero-order valence-corrected chi connectivity index (χ0v) is 26.8. The molecule has 4 aromatic carbocycles. The first kappa shape index (κ1) is 31.8. The fourth-order valence-electron chi connectivity index (χ4n) is 4.37. The van der Waals surface area contributed by atoms with E-state index in [-0.39, 0.29) is 5.91 Å². The van der Waals surface area contributed by atoms with E-state index >= 15 is 0 Å². The first-order chi connectivity index (χ1) is 21.9. The molecule has 5 aromatic rings. The van der Waals surface area contributed by atoms with E-state index in [0.29, 0.717) is 46.7 Å². The molecule has 0 radical (unpaired) electrons. The van der Waals surface area contributed by atoms with Crippen LogP contribution in [0, 0.1) is 0 Å². The van der Waals surface area contributed by atoms with Crippen LogP contribution in [-0.2, 0) is 13.0 Å². The van der Waals surface area contributed by atoms with Crippen LogP contribution >= 0.6 is 34.5 Å². The number of nitrogens with zero attached hydrogens (tertiary/aromatic N) is 2. The molecule has 0 atom stereocenters. The third-order valence-electron chi connectivity index (χ3n) is 6.54. The third kappa shape index (κ3) is 8.73. The van der Waals surface area contributed by atoms with Crippen LogP contribution in [0.25, 0.3) is 11.3 Å². The SMILES string of the molecule is C=CCc1cc(/C=N\NC(=O)c2ccc(-c3csc(Nc4ccc(Cl)cc4)n3)cc2)cc(OCC)c1OCc1ccc(Cl)cc1. The summed E-state index contributed by atoms with van der Waals surface area (Å²) in [5.41, 5.74) is 8.30. The third-order valence-corrected chi connectivity index (χ3v) is 7.80. The Balaban J connectivity index is 1.23. The lowest BCUT2D eigenvalue weighted by Crippen LogP contribution is -2.17. The molecule has 0 aliphatic rings. The Hall–Kier alpha value is -4.63. The Morgan fingerprint density at radius 3 is 2.38 bits per heavy atom. The zero-order chi connectivity index (χ0) is 31.6. The van der Waals surface area contributed by atoms with Gasteiger partial charge >= 0.3 is 0 Å². The maximum atomic E-state index is 12.8. The van der Waals surface area contributed by atoms with E-state index in [1.165, 1.54) is 11.3 Å². The van der Waals surface area contributed by atoms with Crippen molar-refractivity contribution in [3.63, 3.8) is 0 Å². The molecular formula is C35H30Cl2N4O3S. The van der Waals surface area contributed by atoms with Crippen molar-refractivity contribution in [1.29, 1.82) is 0 Å². The van der Waals surface area contributed by atoms with Crippen LogP contribution in [0.1, 0.15) is 34.0 Å². The van der Waals surface area contributed by atoms with Gasteiger partial charge in [-0.05, 0) is 85.1 Å². The molecule has 0 aliphatic heterocycles. The summed E-state index contributed by atoms with van der Waals surface area (Å²) in [6.45, 7) is 6.61. The van der Waals surface area contributed by atoms with Gasteiger partial charge in [-0.15, -0.1) is 17.9 Å². The molecule has 1 heterocycles. The molecular weight excluding hydrogens is 627 g/mol. The average molecular weight is 658 g/mol. The van der Waals surface area contributed by atoms with E-state index in [0.717, 1.165) is 38.8 Å². The lowest BCUT2D eigenvalue weighted by atomic mass is 10.1. The molecule has 5 rings (SSSR count). The van der Waals surface area contributed by atoms with Gasteiger partial charge in [0.2, 0.25) is 0 Å². The van der Waals surface area contributed by atoms with Crippen molar-refractivity contribution in [2.75, 3.05) is 11.9 Å². The number of hydrogen-bond acceptors (Lipinski definition) is 7. The summed E-state index contributed by atoms with van der Waals surface area (Å²) in [5.74, 6) is 0.893. The van der Waals surface area contributed by atoms with Crippen LogP contribution in [0.4, 0.5) is 10.8 Å². The lowest BCUT2D eigenvalue weighted by Gasteiger charge is -2.17. The number of carbonyl (C=O) groups is 1. The van der Waals surface area contributed by atoms with Crippen molar-refractivity contribution in [2.24, 2.45) is 5.10 Å². The number of anilines is 2. The number of carbonyl (C=O) groups excluding carboxylic acids is 1. The fourth-order valence-corrected chi connectivity index (χ4v) is 5.36. The highest BCUT2D eigenvalue weighted by Crippen LogP contribution is 2.34. The number of hydrazone groups is 1. The molecule has 45 heavy (non-hydrogen) atoms. The summed E-state index contributed by atoms with van der Waals surface area (Å²) in [6.07, 6.45) is 3.94. The van der Waals surface area contributed by atoms with Crippen LogP contribution in [0.3, 0.4) is 0 Å². The Labute approximate surface area is 276 Å². The van der Waals surface area contributed by atoms with Crippen molar-refractivity contribution in [3.05, 3.63) is 135 Å². The van der Waals surface area contributed by atoms with Crippen molar-refractivity contribution >= 4 is 57.5 Å². The van der Waals surface area contributed by atoms with E-state index in [2.05, 4.69) is 27.4 Å². The molecule has 1 amide bonds. The van der Waals surface area contributed by atoms with Crippen molar-refractivity contribution in [2.45, 2.75) is 20.0 Å². The number of rotatable bonds is 13. The molecule has 2 N–H and O–H groups in total. The Kier molecular flexibility index (Phi) is 10.9. The lowest BCUT2D eigenvalue weighted by molar-refractivity contribution is 0.0955. The highest BCUT2D eigenvalue weighted by atomic mass is 35.5. The predicted molar refractivity (Wildman–Crippen MR) is 185 cm³/mol. The molecule has 0 unspecified atom stereocenters. The second-order valence-electron chi connectivity index (χ2n) is 9.79. The summed E-state index contributed by atoms with van der Waals surface area (Å²) >= 11 is 13.5. The molecule has 0 saturated heterocycles. The van der Waals surface area contributed by atoms with E-state index in [1.54, 1.807) is 24.4 Å². The quantitative estimate of drug-likeness (QED) is 0.0749. The zero-order valence-electron chi connectivity index (χ0n) is 24.4. The van der Waals surface area contributed by atoms with Gasteiger partial charge in [-0.1, -0.05) is 53.5 Å². The minimum atomic E-state index is -0.333. The highest BCUT2D eigenvalue weighted by Gasteiger charge is 2.14. The second-order valence-corrected chi connectivity index (χ2v) is 11.5. The molecule has 0 fully saturated rings. The predicted octanol–water partition coefficient (Wildman–Crippen LogP) is 9.33. The summed E-state index contributed by atoms with van der Waals surface area (Å²) in [5, 5.41) is 11.5. The molecule has 1 aromatic heterocycles. The number of amides is 1. The van der Waals surface area contributed by atoms with E-state index in [4.69, 9.17) is 32.7 Å². The normalized spacial score (nSPS) is 10.9. The first-order valence-corrected chi connectivity index (χ1v) is 15.7. The van der Waals surface area contributed by atoms with Crippen LogP contribution in [-0.4, -0.2) is 23.7 Å². The smallest absolute Gasteiger partial charge is 0.271 e. The number of aromatic nitrogens is 1. The fraction of sp³-hybridized carbons (Fsp3) is 0.114. The average Bonchev–Trinajstić information content (AvgIpc) is 3.51. The number of hydrogen-bond donors (Lipinski definition) is 2. The van der Waals surface area contributed by atoms with Crippen LogP contribution in [0.2, 0.25) is 10.0 Å². The van der Waals surface area contributed by atoms with Crippen molar-refractivity contribution < 1.29 is 14.3 Å². The van der Waals surface area contributed by atoms with Gasteiger partial charge in [-0.25, -0.2) is 10.4 Å². The van der Waals surface area contributed by atoms with E-state index < -0.39 is 0 Å². The molecule has 0 bridgehead atoms.